The molecule has 2 aromatic heterocycles. The zero-order chi connectivity index (χ0) is 18.9. The first-order chi connectivity index (χ1) is 13.3. The molecule has 7 heteroatoms. The van der Waals surface area contributed by atoms with E-state index in [9.17, 15) is 4.79 Å². The van der Waals surface area contributed by atoms with Crippen LogP contribution in [0.4, 0.5) is 0 Å². The quantitative estimate of drug-likeness (QED) is 0.523. The lowest BCUT2D eigenvalue weighted by atomic mass is 10.1. The van der Waals surface area contributed by atoms with Gasteiger partial charge in [-0.25, -0.2) is 0 Å². The molecule has 3 aromatic rings. The van der Waals surface area contributed by atoms with E-state index in [1.807, 2.05) is 48.7 Å². The fourth-order valence-electron chi connectivity index (χ4n) is 2.55. The zero-order valence-corrected chi connectivity index (χ0v) is 16.1. The van der Waals surface area contributed by atoms with Crippen molar-refractivity contribution in [2.45, 2.75) is 20.1 Å². The van der Waals surface area contributed by atoms with Crippen LogP contribution in [0.25, 0.3) is 10.6 Å². The summed E-state index contributed by atoms with van der Waals surface area (Å²) in [5.41, 5.74) is 3.32. The molecule has 3 rings (SSSR count). The van der Waals surface area contributed by atoms with Crippen LogP contribution >= 0.6 is 11.3 Å². The molecule has 0 fully saturated rings. The van der Waals surface area contributed by atoms with Gasteiger partial charge < -0.3 is 14.8 Å². The number of carbonyl (C=O) groups excluding carboxylic acids is 1. The average Bonchev–Trinajstić information content (AvgIpc) is 3.38. The van der Waals surface area contributed by atoms with Crippen LogP contribution in [-0.4, -0.2) is 35.9 Å². The van der Waals surface area contributed by atoms with Crippen LogP contribution in [0.15, 0.2) is 47.8 Å². The lowest BCUT2D eigenvalue weighted by molar-refractivity contribution is 0.0453. The summed E-state index contributed by atoms with van der Waals surface area (Å²) < 4.78 is 10.8. The fraction of sp³-hybridized carbons (Fsp3) is 0.300. The van der Waals surface area contributed by atoms with Crippen LogP contribution in [0.1, 0.15) is 28.5 Å². The SMILES string of the molecule is CCOCCOCc1cccc(CNC(=O)c2cc(-c3cccs3)[nH]n2)c1. The van der Waals surface area contributed by atoms with Gasteiger partial charge in [0.15, 0.2) is 5.69 Å². The van der Waals surface area contributed by atoms with Crippen molar-refractivity contribution in [3.8, 4) is 10.6 Å². The van der Waals surface area contributed by atoms with Crippen LogP contribution in [0.2, 0.25) is 0 Å². The predicted octanol–water partition coefficient (Wildman–Crippen LogP) is 3.62. The number of hydrogen-bond donors (Lipinski definition) is 2. The summed E-state index contributed by atoms with van der Waals surface area (Å²) in [5.74, 6) is -0.201. The minimum absolute atomic E-state index is 0.201. The number of rotatable bonds is 10. The van der Waals surface area contributed by atoms with Crippen molar-refractivity contribution in [1.82, 2.24) is 15.5 Å². The Hall–Kier alpha value is -2.48. The maximum atomic E-state index is 12.3. The topological polar surface area (TPSA) is 76.2 Å². The summed E-state index contributed by atoms with van der Waals surface area (Å²) in [6.07, 6.45) is 0. The van der Waals surface area contributed by atoms with Gasteiger partial charge in [0.05, 0.1) is 30.4 Å². The highest BCUT2D eigenvalue weighted by Crippen LogP contribution is 2.22. The lowest BCUT2D eigenvalue weighted by Gasteiger charge is -2.08. The van der Waals surface area contributed by atoms with Crippen molar-refractivity contribution in [1.29, 1.82) is 0 Å². The van der Waals surface area contributed by atoms with Gasteiger partial charge in [-0.2, -0.15) is 5.10 Å². The van der Waals surface area contributed by atoms with Gasteiger partial charge in [-0.3, -0.25) is 9.89 Å². The van der Waals surface area contributed by atoms with Crippen LogP contribution in [-0.2, 0) is 22.6 Å². The Bertz CT molecular complexity index is 846. The molecule has 2 N–H and O–H groups in total. The number of amides is 1. The van der Waals surface area contributed by atoms with Gasteiger partial charge in [0.2, 0.25) is 0 Å². The minimum Gasteiger partial charge on any atom is -0.379 e. The summed E-state index contributed by atoms with van der Waals surface area (Å²) in [4.78, 5) is 13.4. The third-order valence-electron chi connectivity index (χ3n) is 3.89. The van der Waals surface area contributed by atoms with E-state index in [4.69, 9.17) is 9.47 Å². The molecule has 0 aliphatic carbocycles. The van der Waals surface area contributed by atoms with Gasteiger partial charge in [-0.1, -0.05) is 30.3 Å². The summed E-state index contributed by atoms with van der Waals surface area (Å²) in [5, 5.41) is 11.9. The Morgan fingerprint density at radius 3 is 2.81 bits per heavy atom. The van der Waals surface area contributed by atoms with E-state index in [1.54, 1.807) is 17.4 Å². The molecule has 0 saturated carbocycles. The Kier molecular flexibility index (Phi) is 7.15. The first kappa shape index (κ1) is 19.3. The number of nitrogens with zero attached hydrogens (tertiary/aromatic N) is 1. The summed E-state index contributed by atoms with van der Waals surface area (Å²) in [7, 11) is 0. The van der Waals surface area contributed by atoms with Gasteiger partial charge in [-0.15, -0.1) is 11.3 Å². The third-order valence-corrected chi connectivity index (χ3v) is 4.79. The molecular weight excluding hydrogens is 362 g/mol. The highest BCUT2D eigenvalue weighted by Gasteiger charge is 2.11. The minimum atomic E-state index is -0.201. The van der Waals surface area contributed by atoms with Gasteiger partial charge in [0, 0.05) is 13.2 Å². The van der Waals surface area contributed by atoms with Gasteiger partial charge in [0.1, 0.15) is 0 Å². The first-order valence-electron chi connectivity index (χ1n) is 8.87. The van der Waals surface area contributed by atoms with Crippen molar-refractivity contribution in [2.24, 2.45) is 0 Å². The van der Waals surface area contributed by atoms with E-state index in [1.165, 1.54) is 0 Å². The molecule has 0 spiro atoms. The highest BCUT2D eigenvalue weighted by atomic mass is 32.1. The van der Waals surface area contributed by atoms with Gasteiger partial charge in [0.25, 0.3) is 5.91 Å². The summed E-state index contributed by atoms with van der Waals surface area (Å²) >= 11 is 1.60. The number of aromatic nitrogens is 2. The Morgan fingerprint density at radius 1 is 1.15 bits per heavy atom. The number of benzene rings is 1. The van der Waals surface area contributed by atoms with Crippen LogP contribution in [0, 0.1) is 0 Å². The molecule has 0 saturated heterocycles. The number of aromatic amines is 1. The van der Waals surface area contributed by atoms with E-state index in [-0.39, 0.29) is 5.91 Å². The maximum absolute atomic E-state index is 12.3. The number of nitrogens with one attached hydrogen (secondary N) is 2. The van der Waals surface area contributed by atoms with E-state index < -0.39 is 0 Å². The molecule has 0 aliphatic heterocycles. The van der Waals surface area contributed by atoms with Gasteiger partial charge in [-0.05, 0) is 35.6 Å². The molecule has 0 bridgehead atoms. The normalized spacial score (nSPS) is 10.9. The number of thiophene rings is 1. The second kappa shape index (κ2) is 10.0. The molecule has 0 unspecified atom stereocenters. The van der Waals surface area contributed by atoms with Crippen LogP contribution in [0.3, 0.4) is 0 Å². The maximum Gasteiger partial charge on any atom is 0.272 e. The Balaban J connectivity index is 1.49. The second-order valence-electron chi connectivity index (χ2n) is 5.90. The standard InChI is InChI=1S/C20H23N3O3S/c1-2-25-8-9-26-14-16-6-3-5-15(11-16)13-21-20(24)18-12-17(22-23-18)19-7-4-10-27-19/h3-7,10-12H,2,8-9,13-14H2,1H3,(H,21,24)(H,22,23). The Labute approximate surface area is 162 Å². The largest absolute Gasteiger partial charge is 0.379 e. The van der Waals surface area contributed by atoms with Gasteiger partial charge >= 0.3 is 0 Å². The molecular formula is C20H23N3O3S. The highest BCUT2D eigenvalue weighted by molar-refractivity contribution is 7.13. The molecule has 0 atom stereocenters. The molecule has 27 heavy (non-hydrogen) atoms. The monoisotopic (exact) mass is 385 g/mol. The fourth-order valence-corrected chi connectivity index (χ4v) is 3.24. The van der Waals surface area contributed by atoms with Crippen molar-refractivity contribution >= 4 is 17.2 Å². The zero-order valence-electron chi connectivity index (χ0n) is 15.2. The number of carbonyl (C=O) groups is 1. The Morgan fingerprint density at radius 2 is 2.00 bits per heavy atom. The van der Waals surface area contributed by atoms with E-state index >= 15 is 0 Å². The van der Waals surface area contributed by atoms with Crippen LogP contribution in [0.5, 0.6) is 0 Å². The average molecular weight is 385 g/mol. The number of hydrogen-bond acceptors (Lipinski definition) is 5. The summed E-state index contributed by atoms with van der Waals surface area (Å²) in [6, 6.07) is 13.7. The van der Waals surface area contributed by atoms with E-state index in [0.29, 0.717) is 38.7 Å². The van der Waals surface area contributed by atoms with Crippen molar-refractivity contribution in [3.63, 3.8) is 0 Å². The van der Waals surface area contributed by atoms with Crippen molar-refractivity contribution in [3.05, 3.63) is 64.7 Å². The molecule has 0 aliphatic rings. The smallest absolute Gasteiger partial charge is 0.272 e. The third kappa shape index (κ3) is 5.75. The molecule has 2 heterocycles. The van der Waals surface area contributed by atoms with Crippen LogP contribution < -0.4 is 5.32 Å². The predicted molar refractivity (Wildman–Crippen MR) is 106 cm³/mol. The van der Waals surface area contributed by atoms with Crippen molar-refractivity contribution < 1.29 is 14.3 Å². The number of H-pyrrole nitrogens is 1. The molecule has 6 nitrogen and oxygen atoms in total. The molecule has 1 amide bonds. The summed E-state index contributed by atoms with van der Waals surface area (Å²) in [6.45, 7) is 4.79. The molecule has 142 valence electrons. The molecule has 0 radical (unpaired) electrons. The van der Waals surface area contributed by atoms with E-state index in [0.717, 1.165) is 21.7 Å². The second-order valence-corrected chi connectivity index (χ2v) is 6.84. The number of ether oxygens (including phenoxy) is 2. The van der Waals surface area contributed by atoms with Crippen molar-refractivity contribution in [2.75, 3.05) is 19.8 Å². The first-order valence-corrected chi connectivity index (χ1v) is 9.75. The lowest BCUT2D eigenvalue weighted by Crippen LogP contribution is -2.23. The molecule has 1 aromatic carbocycles. The van der Waals surface area contributed by atoms with E-state index in [2.05, 4.69) is 15.5 Å².